The summed E-state index contributed by atoms with van der Waals surface area (Å²) in [6.07, 6.45) is 10.1. The molecule has 0 aliphatic heterocycles. The molecule has 5 aliphatic carbocycles. The van der Waals surface area contributed by atoms with Crippen LogP contribution in [0.2, 0.25) is 0 Å². The number of nitrogens with one attached hydrogen (secondary N) is 1. The van der Waals surface area contributed by atoms with Crippen LogP contribution in [0.25, 0.3) is 5.73 Å². The van der Waals surface area contributed by atoms with Gasteiger partial charge in [0.1, 0.15) is 0 Å². The normalized spacial score (nSPS) is 33.7. The van der Waals surface area contributed by atoms with Crippen molar-refractivity contribution in [3.05, 3.63) is 89.2 Å². The summed E-state index contributed by atoms with van der Waals surface area (Å²) in [5, 5.41) is 0. The molecule has 1 atom stereocenters. The van der Waals surface area contributed by atoms with Crippen LogP contribution in [-0.4, -0.2) is 21.3 Å². The van der Waals surface area contributed by atoms with Crippen molar-refractivity contribution < 1.29 is 31.0 Å². The number of allylic oxidation sites excluding steroid dienone is 4. The van der Waals surface area contributed by atoms with E-state index in [-0.39, 0.29) is 37.5 Å². The van der Waals surface area contributed by atoms with Gasteiger partial charge in [0.15, 0.2) is 0 Å². The molecule has 0 saturated heterocycles. The predicted molar refractivity (Wildman–Crippen MR) is 163 cm³/mol. The summed E-state index contributed by atoms with van der Waals surface area (Å²) in [4.78, 5) is 11.8. The summed E-state index contributed by atoms with van der Waals surface area (Å²) >= 11 is -0.392. The van der Waals surface area contributed by atoms with Gasteiger partial charge in [-0.25, -0.2) is 5.57 Å². The number of benzene rings is 2. The van der Waals surface area contributed by atoms with Crippen molar-refractivity contribution >= 4 is 30.1 Å². The Kier molecular flexibility index (Phi) is 10.2. The Hall–Kier alpha value is -1.18. The topological polar surface area (TPSA) is 40.9 Å². The zero-order valence-electron chi connectivity index (χ0n) is 25.1. The fourth-order valence-electron chi connectivity index (χ4n) is 8.99. The SMILES string of the molecule is CC12CC3(C)CC(C)(C1)CC(C([NH-])=O)(C2)C3.CC1=[C-]C(C)C(C)=C1C.[Zr+2].c1cc[c]([GeH][c]2ccccc2)cc1. The van der Waals surface area contributed by atoms with Crippen molar-refractivity contribution in [2.75, 3.05) is 0 Å². The van der Waals surface area contributed by atoms with E-state index >= 15 is 0 Å². The van der Waals surface area contributed by atoms with Gasteiger partial charge in [0, 0.05) is 5.41 Å². The Bertz CT molecular complexity index is 1130. The first kappa shape index (κ1) is 32.3. The Balaban J connectivity index is 0.000000166. The summed E-state index contributed by atoms with van der Waals surface area (Å²) in [5.74, 6) is 0.278. The van der Waals surface area contributed by atoms with Crippen LogP contribution in [0.3, 0.4) is 0 Å². The fourth-order valence-corrected chi connectivity index (χ4v) is 11.5. The molecule has 2 nitrogen and oxygen atoms in total. The van der Waals surface area contributed by atoms with Crippen molar-refractivity contribution in [1.82, 2.24) is 0 Å². The molecule has 39 heavy (non-hydrogen) atoms. The number of hydrogen-bond acceptors (Lipinski definition) is 1. The van der Waals surface area contributed by atoms with Crippen molar-refractivity contribution in [2.24, 2.45) is 27.6 Å². The van der Waals surface area contributed by atoms with Crippen LogP contribution in [0.15, 0.2) is 77.4 Å². The first-order chi connectivity index (χ1) is 17.8. The Labute approximate surface area is 263 Å². The molecular formula is C35H46GeNOZr. The van der Waals surface area contributed by atoms with E-state index in [1.54, 1.807) is 0 Å². The van der Waals surface area contributed by atoms with Gasteiger partial charge in [0.05, 0.1) is 5.91 Å². The molecule has 0 aromatic heterocycles. The van der Waals surface area contributed by atoms with Crippen molar-refractivity contribution in [3.8, 4) is 0 Å². The maximum atomic E-state index is 11.8. The number of hydrogen-bond donors (Lipinski definition) is 0. The van der Waals surface area contributed by atoms with Gasteiger partial charge in [0.2, 0.25) is 0 Å². The second kappa shape index (κ2) is 12.4. The van der Waals surface area contributed by atoms with Crippen molar-refractivity contribution in [2.45, 2.75) is 87.0 Å². The summed E-state index contributed by atoms with van der Waals surface area (Å²) in [6, 6.07) is 21.5. The summed E-state index contributed by atoms with van der Waals surface area (Å²) in [7, 11) is 0. The number of rotatable bonds is 3. The molecule has 0 spiro atoms. The van der Waals surface area contributed by atoms with Gasteiger partial charge in [-0.05, 0) is 54.8 Å². The second-order valence-corrected chi connectivity index (χ2v) is 17.3. The van der Waals surface area contributed by atoms with Gasteiger partial charge >= 0.3 is 111 Å². The van der Waals surface area contributed by atoms with Crippen LogP contribution in [0.5, 0.6) is 0 Å². The standard InChI is InChI=1S/C14H23NO.C12H11Ge.C9H13.Zr/c1-11-4-12(2)6-13(3,5-11)9-14(7-11,8-12)10(15)16;1-3-7-11(8-4-1)13-12-9-5-2-6-10-12;1-6-5-7(2)9(4)8(6)3;/h4-9H2,1-3H3,(H2,15,16);1-10,13H;6H,1-4H3;/q;;-1;+2/p-1. The van der Waals surface area contributed by atoms with E-state index in [4.69, 9.17) is 5.73 Å². The average molecular weight is 661 g/mol. The van der Waals surface area contributed by atoms with Gasteiger partial charge in [-0.1, -0.05) is 47.5 Å². The van der Waals surface area contributed by atoms with E-state index in [0.717, 1.165) is 19.3 Å². The summed E-state index contributed by atoms with van der Waals surface area (Å²) in [5.41, 5.74) is 12.6. The quantitative estimate of drug-likeness (QED) is 0.245. The molecule has 4 heteroatoms. The first-order valence-electron chi connectivity index (χ1n) is 14.3. The third-order valence-corrected chi connectivity index (χ3v) is 12.5. The molecule has 4 saturated carbocycles. The molecule has 1 N–H and O–H groups in total. The molecule has 1 amide bonds. The van der Waals surface area contributed by atoms with Crippen LogP contribution in [0, 0.1) is 33.7 Å². The van der Waals surface area contributed by atoms with Crippen LogP contribution >= 0.6 is 0 Å². The second-order valence-electron chi connectivity index (χ2n) is 13.9. The van der Waals surface area contributed by atoms with E-state index in [9.17, 15) is 4.79 Å². The molecular weight excluding hydrogens is 614 g/mol. The van der Waals surface area contributed by atoms with E-state index in [2.05, 4.69) is 115 Å². The Morgan fingerprint density at radius 3 is 1.41 bits per heavy atom. The van der Waals surface area contributed by atoms with E-state index < -0.39 is 15.4 Å². The molecule has 1 radical (unpaired) electrons. The molecule has 1 unspecified atom stereocenters. The number of carbonyl (C=O) groups excluding carboxylic acids is 1. The molecule has 0 heterocycles. The fraction of sp³-hybridized carbons (Fsp3) is 0.514. The van der Waals surface area contributed by atoms with Crippen LogP contribution in [0.4, 0.5) is 0 Å². The van der Waals surface area contributed by atoms with E-state index in [1.165, 1.54) is 44.8 Å². The first-order valence-corrected chi connectivity index (χ1v) is 16.7. The molecule has 205 valence electrons. The van der Waals surface area contributed by atoms with Gasteiger partial charge in [0.25, 0.3) is 0 Å². The predicted octanol–water partition coefficient (Wildman–Crippen LogP) is 7.75. The minimum atomic E-state index is -0.392. The Morgan fingerprint density at radius 1 is 0.769 bits per heavy atom. The molecule has 4 fully saturated rings. The van der Waals surface area contributed by atoms with Crippen LogP contribution in [0.1, 0.15) is 87.0 Å². The molecule has 5 aliphatic rings. The maximum absolute atomic E-state index is 11.8. The van der Waals surface area contributed by atoms with E-state index in [1.807, 2.05) is 0 Å². The number of amides is 1. The van der Waals surface area contributed by atoms with Crippen LogP contribution in [-0.2, 0) is 31.0 Å². The zero-order chi connectivity index (χ0) is 27.8. The molecule has 7 rings (SSSR count). The van der Waals surface area contributed by atoms with Gasteiger partial charge in [-0.2, -0.15) is 11.1 Å². The van der Waals surface area contributed by atoms with Gasteiger partial charge in [-0.3, -0.25) is 6.08 Å². The molecule has 2 aromatic rings. The third-order valence-electron chi connectivity index (χ3n) is 9.51. The number of carbonyl (C=O) groups is 1. The average Bonchev–Trinajstić information content (AvgIpc) is 3.03. The van der Waals surface area contributed by atoms with Gasteiger partial charge in [-0.15, -0.1) is 6.92 Å². The minimum absolute atomic E-state index is 0. The molecule has 4 bridgehead atoms. The van der Waals surface area contributed by atoms with Gasteiger partial charge < -0.3 is 10.5 Å². The molecule has 2 aromatic carbocycles. The Morgan fingerprint density at radius 2 is 1.15 bits per heavy atom. The zero-order valence-corrected chi connectivity index (χ0v) is 30.0. The summed E-state index contributed by atoms with van der Waals surface area (Å²) in [6.45, 7) is 15.7. The van der Waals surface area contributed by atoms with Crippen molar-refractivity contribution in [1.29, 1.82) is 0 Å². The van der Waals surface area contributed by atoms with Crippen LogP contribution < -0.4 is 8.79 Å². The third kappa shape index (κ3) is 7.56. The van der Waals surface area contributed by atoms with E-state index in [0.29, 0.717) is 22.2 Å². The summed E-state index contributed by atoms with van der Waals surface area (Å²) < 4.78 is 3.05. The van der Waals surface area contributed by atoms with Crippen molar-refractivity contribution in [3.63, 3.8) is 0 Å². The monoisotopic (exact) mass is 660 g/mol.